The average Bonchev–Trinajstić information content (AvgIpc) is 3.17. The maximum absolute atomic E-state index is 5.04. The van der Waals surface area contributed by atoms with Crippen LogP contribution in [-0.4, -0.2) is 14.9 Å². The number of nitrogens with one attached hydrogen (secondary N) is 1. The Labute approximate surface area is 159 Å². The number of hydrogen-bond acceptors (Lipinski definition) is 5. The monoisotopic (exact) mass is 414 g/mol. The predicted molar refractivity (Wildman–Crippen MR) is 106 cm³/mol. The van der Waals surface area contributed by atoms with Gasteiger partial charge in [-0.15, -0.1) is 0 Å². The Kier molecular flexibility index (Phi) is 4.16. The van der Waals surface area contributed by atoms with Crippen LogP contribution in [0.3, 0.4) is 0 Å². The van der Waals surface area contributed by atoms with Crippen molar-refractivity contribution in [2.75, 3.05) is 0 Å². The summed E-state index contributed by atoms with van der Waals surface area (Å²) in [5, 5.41) is 5.91. The van der Waals surface area contributed by atoms with E-state index in [1.807, 2.05) is 55.5 Å². The van der Waals surface area contributed by atoms with Crippen LogP contribution in [0.15, 0.2) is 65.8 Å². The summed E-state index contributed by atoms with van der Waals surface area (Å²) in [4.78, 5) is 5.97. The van der Waals surface area contributed by atoms with Gasteiger partial charge < -0.3 is 0 Å². The maximum atomic E-state index is 5.04. The summed E-state index contributed by atoms with van der Waals surface area (Å²) in [7, 11) is 0. The molecule has 0 saturated heterocycles. The van der Waals surface area contributed by atoms with Crippen molar-refractivity contribution in [3.63, 3.8) is 0 Å². The average molecular weight is 415 g/mol. The number of para-hydroxylation sites is 1. The Hall–Kier alpha value is -2.06. The lowest BCUT2D eigenvalue weighted by Gasteiger charge is -2.23. The highest BCUT2D eigenvalue weighted by Gasteiger charge is 2.47. The highest BCUT2D eigenvalue weighted by molar-refractivity contribution is 9.07. The number of amidine groups is 1. The molecule has 126 valence electrons. The third-order valence-electron chi connectivity index (χ3n) is 4.12. The molecule has 1 N–H and O–H groups in total. The number of hydrogen-bond donors (Lipinski definition) is 1. The van der Waals surface area contributed by atoms with Crippen molar-refractivity contribution in [3.05, 3.63) is 76.8 Å². The van der Waals surface area contributed by atoms with Crippen molar-refractivity contribution in [2.24, 2.45) is 5.10 Å². The van der Waals surface area contributed by atoms with Crippen molar-refractivity contribution in [1.82, 2.24) is 19.3 Å². The standard InChI is InChI=1S/C18H17BrN5S/c1-13-14(2)25-18(20-13)24(16-11-7-4-8-12-16)21-17(23(19)22-24)15-9-5-3-6-10-15/h3-12,22H,1-2H3/q+1. The van der Waals surface area contributed by atoms with E-state index in [1.165, 1.54) is 4.88 Å². The normalized spacial score (nSPS) is 20.0. The second-order valence-corrected chi connectivity index (χ2v) is 7.67. The van der Waals surface area contributed by atoms with Gasteiger partial charge in [-0.25, -0.2) is 0 Å². The van der Waals surface area contributed by atoms with Gasteiger partial charge in [-0.05, 0) is 29.2 Å². The second-order valence-electron chi connectivity index (χ2n) is 5.78. The van der Waals surface area contributed by atoms with Gasteiger partial charge in [0.1, 0.15) is 0 Å². The topological polar surface area (TPSA) is 40.5 Å². The lowest BCUT2D eigenvalue weighted by Crippen LogP contribution is -2.50. The molecule has 0 radical (unpaired) electrons. The fourth-order valence-electron chi connectivity index (χ4n) is 2.69. The van der Waals surface area contributed by atoms with Crippen LogP contribution in [0.5, 0.6) is 0 Å². The van der Waals surface area contributed by atoms with E-state index in [1.54, 1.807) is 15.4 Å². The van der Waals surface area contributed by atoms with E-state index in [2.05, 4.69) is 40.7 Å². The van der Waals surface area contributed by atoms with Crippen LogP contribution in [0.25, 0.3) is 0 Å². The minimum atomic E-state index is 0.0929. The number of benzene rings is 2. The molecule has 0 aliphatic carbocycles. The lowest BCUT2D eigenvalue weighted by molar-refractivity contribution is 0.254. The molecule has 0 fully saturated rings. The molecule has 5 nitrogen and oxygen atoms in total. The SMILES string of the molecule is Cc1nc([N+]2(c3ccccc3)N=C(c3ccccc3)N(Br)N2)sc1C. The summed E-state index contributed by atoms with van der Waals surface area (Å²) in [6, 6.07) is 20.2. The van der Waals surface area contributed by atoms with E-state index in [-0.39, 0.29) is 4.70 Å². The highest BCUT2D eigenvalue weighted by Crippen LogP contribution is 2.40. The van der Waals surface area contributed by atoms with Gasteiger partial charge in [0.25, 0.3) is 0 Å². The van der Waals surface area contributed by atoms with E-state index in [0.29, 0.717) is 0 Å². The van der Waals surface area contributed by atoms with Gasteiger partial charge in [0.2, 0.25) is 5.84 Å². The number of aromatic nitrogens is 1. The number of halogens is 1. The summed E-state index contributed by atoms with van der Waals surface area (Å²) in [5.41, 5.74) is 6.46. The summed E-state index contributed by atoms with van der Waals surface area (Å²) >= 11 is 5.24. The zero-order valence-corrected chi connectivity index (χ0v) is 16.3. The van der Waals surface area contributed by atoms with Gasteiger partial charge in [0, 0.05) is 22.6 Å². The number of quaternary nitrogens is 1. The summed E-state index contributed by atoms with van der Waals surface area (Å²) in [6.07, 6.45) is 0. The molecule has 3 aromatic rings. The first-order valence-corrected chi connectivity index (χ1v) is 9.41. The minimum absolute atomic E-state index is 0.0929. The Bertz CT molecular complexity index is 906. The summed E-state index contributed by atoms with van der Waals surface area (Å²) in [6.45, 7) is 4.11. The number of hydrazine groups is 1. The van der Waals surface area contributed by atoms with Crippen molar-refractivity contribution in [3.8, 4) is 0 Å². The molecular formula is C18H17BrN5S+. The minimum Gasteiger partial charge on any atom is -0.186 e. The largest absolute Gasteiger partial charge is 0.340 e. The molecular weight excluding hydrogens is 398 g/mol. The van der Waals surface area contributed by atoms with Crippen LogP contribution in [0.1, 0.15) is 16.1 Å². The first-order chi connectivity index (χ1) is 12.1. The zero-order valence-electron chi connectivity index (χ0n) is 13.8. The van der Waals surface area contributed by atoms with Crippen LogP contribution < -0.4 is 10.2 Å². The van der Waals surface area contributed by atoms with Crippen LogP contribution in [-0.2, 0) is 0 Å². The number of rotatable bonds is 3. The predicted octanol–water partition coefficient (Wildman–Crippen LogP) is 4.81. The van der Waals surface area contributed by atoms with E-state index >= 15 is 0 Å². The highest BCUT2D eigenvalue weighted by atomic mass is 79.9. The molecule has 1 aliphatic heterocycles. The van der Waals surface area contributed by atoms with Crippen molar-refractivity contribution in [1.29, 1.82) is 0 Å². The first-order valence-electron chi connectivity index (χ1n) is 7.89. The molecule has 1 aliphatic rings. The van der Waals surface area contributed by atoms with Crippen LogP contribution >= 0.6 is 27.5 Å². The lowest BCUT2D eigenvalue weighted by atomic mass is 10.2. The van der Waals surface area contributed by atoms with E-state index < -0.39 is 0 Å². The van der Waals surface area contributed by atoms with E-state index in [0.717, 1.165) is 27.9 Å². The molecule has 25 heavy (non-hydrogen) atoms. The van der Waals surface area contributed by atoms with Gasteiger partial charge in [-0.2, -0.15) is 9.02 Å². The fraction of sp³-hybridized carbons (Fsp3) is 0.111. The Balaban J connectivity index is 1.92. The van der Waals surface area contributed by atoms with Crippen LogP contribution in [0, 0.1) is 13.8 Å². The van der Waals surface area contributed by atoms with Gasteiger partial charge in [-0.3, -0.25) is 0 Å². The van der Waals surface area contributed by atoms with Gasteiger partial charge in [-0.1, -0.05) is 59.9 Å². The van der Waals surface area contributed by atoms with Gasteiger partial charge in [0.05, 0.1) is 21.8 Å². The number of aryl methyl sites for hydroxylation is 2. The van der Waals surface area contributed by atoms with Crippen LogP contribution in [0.4, 0.5) is 10.8 Å². The smallest absolute Gasteiger partial charge is 0.186 e. The van der Waals surface area contributed by atoms with E-state index in [4.69, 9.17) is 10.1 Å². The maximum Gasteiger partial charge on any atom is 0.340 e. The van der Waals surface area contributed by atoms with Crippen molar-refractivity contribution >= 4 is 44.1 Å². The quantitative estimate of drug-likeness (QED) is 0.493. The molecule has 1 unspecified atom stereocenters. The summed E-state index contributed by atoms with van der Waals surface area (Å²) < 4.78 is 1.87. The fourth-order valence-corrected chi connectivity index (χ4v) is 4.16. The molecule has 2 aromatic carbocycles. The van der Waals surface area contributed by atoms with Crippen molar-refractivity contribution in [2.45, 2.75) is 13.8 Å². The summed E-state index contributed by atoms with van der Waals surface area (Å²) in [5.74, 6) is 0.801. The number of thiazole rings is 1. The second kappa shape index (κ2) is 6.34. The van der Waals surface area contributed by atoms with Gasteiger partial charge in [0.15, 0.2) is 5.69 Å². The molecule has 7 heteroatoms. The third-order valence-corrected chi connectivity index (χ3v) is 5.75. The molecule has 1 aromatic heterocycles. The number of nitrogens with zero attached hydrogens (tertiary/aromatic N) is 4. The Morgan fingerprint density at radius 1 is 1.00 bits per heavy atom. The Morgan fingerprint density at radius 3 is 2.24 bits per heavy atom. The van der Waals surface area contributed by atoms with E-state index in [9.17, 15) is 0 Å². The third kappa shape index (κ3) is 2.79. The molecule has 0 spiro atoms. The Morgan fingerprint density at radius 2 is 1.64 bits per heavy atom. The molecule has 0 amide bonds. The molecule has 2 heterocycles. The molecule has 4 rings (SSSR count). The van der Waals surface area contributed by atoms with Crippen LogP contribution in [0.2, 0.25) is 0 Å². The molecule has 0 saturated carbocycles. The van der Waals surface area contributed by atoms with Crippen molar-refractivity contribution < 1.29 is 0 Å². The molecule has 0 bridgehead atoms. The first kappa shape index (κ1) is 16.4. The zero-order chi connectivity index (χ0) is 17.4. The van der Waals surface area contributed by atoms with Gasteiger partial charge >= 0.3 is 5.13 Å². The molecule has 1 atom stereocenters.